The van der Waals surface area contributed by atoms with Crippen LogP contribution < -0.4 is 5.32 Å². The highest BCUT2D eigenvalue weighted by atomic mass is 79.9. The highest BCUT2D eigenvalue weighted by molar-refractivity contribution is 9.10. The highest BCUT2D eigenvalue weighted by Crippen LogP contribution is 2.14. The number of halogens is 1. The molecule has 0 spiro atoms. The van der Waals surface area contributed by atoms with Crippen LogP contribution in [0, 0.1) is 6.92 Å². The van der Waals surface area contributed by atoms with Gasteiger partial charge in [-0.1, -0.05) is 5.10 Å². The minimum Gasteiger partial charge on any atom is -0.408 e. The Balaban J connectivity index is 2.18. The largest absolute Gasteiger partial charge is 0.408 e. The molecule has 7 heteroatoms. The molecule has 0 fully saturated rings. The zero-order chi connectivity index (χ0) is 11.5. The second kappa shape index (κ2) is 4.40. The van der Waals surface area contributed by atoms with Crippen LogP contribution in [-0.2, 0) is 0 Å². The summed E-state index contributed by atoms with van der Waals surface area (Å²) in [6.45, 7) is 1.64. The van der Waals surface area contributed by atoms with Crippen LogP contribution in [0.4, 0.5) is 6.01 Å². The van der Waals surface area contributed by atoms with Gasteiger partial charge in [0.1, 0.15) is 4.60 Å². The number of anilines is 1. The second-order valence-electron chi connectivity index (χ2n) is 2.92. The summed E-state index contributed by atoms with van der Waals surface area (Å²) in [6, 6.07) is 3.37. The van der Waals surface area contributed by atoms with E-state index in [0.717, 1.165) is 0 Å². The number of aryl methyl sites for hydroxylation is 1. The number of pyridine rings is 1. The van der Waals surface area contributed by atoms with Crippen molar-refractivity contribution >= 4 is 27.9 Å². The van der Waals surface area contributed by atoms with Gasteiger partial charge in [0.15, 0.2) is 0 Å². The third kappa shape index (κ3) is 2.25. The number of hydrogen-bond donors (Lipinski definition) is 1. The zero-order valence-corrected chi connectivity index (χ0v) is 9.85. The lowest BCUT2D eigenvalue weighted by molar-refractivity contribution is 0.102. The summed E-state index contributed by atoms with van der Waals surface area (Å²) in [5.41, 5.74) is 0.401. The van der Waals surface area contributed by atoms with Crippen molar-refractivity contribution in [3.63, 3.8) is 0 Å². The molecule has 0 aromatic carbocycles. The van der Waals surface area contributed by atoms with Crippen molar-refractivity contribution in [3.8, 4) is 0 Å². The van der Waals surface area contributed by atoms with E-state index in [4.69, 9.17) is 4.42 Å². The molecular formula is C9H7BrN4O2. The minimum absolute atomic E-state index is 0.0678. The molecule has 0 saturated carbocycles. The Morgan fingerprint density at radius 3 is 2.94 bits per heavy atom. The maximum absolute atomic E-state index is 11.7. The third-order valence-electron chi connectivity index (χ3n) is 1.75. The highest BCUT2D eigenvalue weighted by Gasteiger charge is 2.13. The number of nitrogens with zero attached hydrogens (tertiary/aromatic N) is 3. The van der Waals surface area contributed by atoms with E-state index in [1.165, 1.54) is 0 Å². The monoisotopic (exact) mass is 282 g/mol. The molecule has 16 heavy (non-hydrogen) atoms. The van der Waals surface area contributed by atoms with Crippen molar-refractivity contribution in [1.29, 1.82) is 0 Å². The summed E-state index contributed by atoms with van der Waals surface area (Å²) in [5, 5.41) is 9.72. The van der Waals surface area contributed by atoms with Crippen molar-refractivity contribution < 1.29 is 9.21 Å². The molecule has 0 saturated heterocycles. The summed E-state index contributed by atoms with van der Waals surface area (Å²) in [5.74, 6) is 0.0316. The molecule has 0 bridgehead atoms. The van der Waals surface area contributed by atoms with Gasteiger partial charge in [0, 0.05) is 13.1 Å². The quantitative estimate of drug-likeness (QED) is 0.850. The predicted molar refractivity (Wildman–Crippen MR) is 58.9 cm³/mol. The lowest BCUT2D eigenvalue weighted by atomic mass is 10.3. The van der Waals surface area contributed by atoms with Gasteiger partial charge in [-0.15, -0.1) is 5.10 Å². The molecule has 1 N–H and O–H groups in total. The van der Waals surface area contributed by atoms with Gasteiger partial charge < -0.3 is 4.42 Å². The first-order valence-corrected chi connectivity index (χ1v) is 5.18. The van der Waals surface area contributed by atoms with Gasteiger partial charge in [-0.05, 0) is 28.1 Å². The van der Waals surface area contributed by atoms with Crippen molar-refractivity contribution in [2.24, 2.45) is 0 Å². The Labute approximate surface area is 99.2 Å². The lowest BCUT2D eigenvalue weighted by Crippen LogP contribution is -2.13. The van der Waals surface area contributed by atoms with E-state index in [1.54, 1.807) is 25.3 Å². The van der Waals surface area contributed by atoms with Crippen LogP contribution in [0.15, 0.2) is 27.3 Å². The van der Waals surface area contributed by atoms with Gasteiger partial charge in [-0.2, -0.15) is 0 Å². The van der Waals surface area contributed by atoms with Crippen molar-refractivity contribution in [1.82, 2.24) is 15.2 Å². The van der Waals surface area contributed by atoms with Crippen LogP contribution in [0.1, 0.15) is 16.2 Å². The molecule has 0 aliphatic heterocycles. The molecular weight excluding hydrogens is 276 g/mol. The molecule has 0 aliphatic rings. The number of hydrogen-bond acceptors (Lipinski definition) is 5. The normalized spacial score (nSPS) is 10.1. The van der Waals surface area contributed by atoms with Crippen molar-refractivity contribution in [2.75, 3.05) is 5.32 Å². The average Bonchev–Trinajstić information content (AvgIpc) is 2.64. The predicted octanol–water partition coefficient (Wildman–Crippen LogP) is 1.79. The first-order valence-electron chi connectivity index (χ1n) is 4.39. The number of aromatic nitrogens is 3. The van der Waals surface area contributed by atoms with Crippen LogP contribution in [-0.4, -0.2) is 21.1 Å². The molecule has 0 atom stereocenters. The Bertz CT molecular complexity index is 526. The van der Waals surface area contributed by atoms with Gasteiger partial charge in [0.05, 0.1) is 5.56 Å². The van der Waals surface area contributed by atoms with E-state index >= 15 is 0 Å². The fourth-order valence-electron chi connectivity index (χ4n) is 1.07. The summed E-state index contributed by atoms with van der Waals surface area (Å²) in [6.07, 6.45) is 1.58. The molecule has 0 radical (unpaired) electrons. The van der Waals surface area contributed by atoms with E-state index in [1.807, 2.05) is 0 Å². The number of carbonyl (C=O) groups excluding carboxylic acids is 1. The Kier molecular flexibility index (Phi) is 2.95. The van der Waals surface area contributed by atoms with Gasteiger partial charge >= 0.3 is 6.01 Å². The SMILES string of the molecule is Cc1nnc(NC(=O)c2cccnc2Br)o1. The molecule has 2 aromatic rings. The molecule has 2 rings (SSSR count). The molecule has 82 valence electrons. The molecule has 6 nitrogen and oxygen atoms in total. The Hall–Kier alpha value is -1.76. The fourth-order valence-corrected chi connectivity index (χ4v) is 1.50. The average molecular weight is 283 g/mol. The summed E-state index contributed by atoms with van der Waals surface area (Å²) >= 11 is 3.18. The first-order chi connectivity index (χ1) is 7.66. The Morgan fingerprint density at radius 2 is 2.31 bits per heavy atom. The van der Waals surface area contributed by atoms with E-state index in [0.29, 0.717) is 16.1 Å². The molecule has 0 unspecified atom stereocenters. The summed E-state index contributed by atoms with van der Waals surface area (Å²) < 4.78 is 5.49. The minimum atomic E-state index is -0.358. The number of carbonyl (C=O) groups is 1. The summed E-state index contributed by atoms with van der Waals surface area (Å²) in [4.78, 5) is 15.7. The van der Waals surface area contributed by atoms with Crippen LogP contribution >= 0.6 is 15.9 Å². The van der Waals surface area contributed by atoms with E-state index in [-0.39, 0.29) is 11.9 Å². The number of amides is 1. The van der Waals surface area contributed by atoms with Crippen LogP contribution in [0.5, 0.6) is 0 Å². The van der Waals surface area contributed by atoms with Gasteiger partial charge in [0.2, 0.25) is 5.89 Å². The number of rotatable bonds is 2. The van der Waals surface area contributed by atoms with Crippen molar-refractivity contribution in [2.45, 2.75) is 6.92 Å². The molecule has 2 aromatic heterocycles. The summed E-state index contributed by atoms with van der Waals surface area (Å²) in [7, 11) is 0. The first kappa shape index (κ1) is 10.7. The van der Waals surface area contributed by atoms with Crippen LogP contribution in [0.25, 0.3) is 0 Å². The van der Waals surface area contributed by atoms with Crippen LogP contribution in [0.2, 0.25) is 0 Å². The fraction of sp³-hybridized carbons (Fsp3) is 0.111. The zero-order valence-electron chi connectivity index (χ0n) is 8.27. The molecule has 2 heterocycles. The number of nitrogens with one attached hydrogen (secondary N) is 1. The van der Waals surface area contributed by atoms with E-state index in [9.17, 15) is 4.79 Å². The van der Waals surface area contributed by atoms with Crippen LogP contribution in [0.3, 0.4) is 0 Å². The van der Waals surface area contributed by atoms with Crippen molar-refractivity contribution in [3.05, 3.63) is 34.4 Å². The lowest BCUT2D eigenvalue weighted by Gasteiger charge is -2.01. The molecule has 0 aliphatic carbocycles. The van der Waals surface area contributed by atoms with E-state index in [2.05, 4.69) is 36.4 Å². The topological polar surface area (TPSA) is 80.9 Å². The maximum atomic E-state index is 11.7. The van der Waals surface area contributed by atoms with E-state index < -0.39 is 0 Å². The molecule has 1 amide bonds. The smallest absolute Gasteiger partial charge is 0.322 e. The Morgan fingerprint density at radius 1 is 1.50 bits per heavy atom. The second-order valence-corrected chi connectivity index (χ2v) is 3.67. The standard InChI is InChI=1S/C9H7BrN4O2/c1-5-13-14-9(16-5)12-8(15)6-3-2-4-11-7(6)10/h2-4H,1H3,(H,12,14,15). The van der Waals surface area contributed by atoms with Gasteiger partial charge in [0.25, 0.3) is 5.91 Å². The van der Waals surface area contributed by atoms with Gasteiger partial charge in [-0.3, -0.25) is 10.1 Å². The van der Waals surface area contributed by atoms with Gasteiger partial charge in [-0.25, -0.2) is 4.98 Å². The maximum Gasteiger partial charge on any atom is 0.322 e. The third-order valence-corrected chi connectivity index (χ3v) is 2.38.